The normalized spacial score (nSPS) is 33.1. The van der Waals surface area contributed by atoms with E-state index in [2.05, 4.69) is 38.3 Å². The number of nitrogens with one attached hydrogen (secondary N) is 1. The van der Waals surface area contributed by atoms with E-state index in [4.69, 9.17) is 0 Å². The summed E-state index contributed by atoms with van der Waals surface area (Å²) in [6.07, 6.45) is 9.03. The highest BCUT2D eigenvalue weighted by atomic mass is 32.1. The number of carbonyl (C=O) groups is 3. The van der Waals surface area contributed by atoms with Crippen molar-refractivity contribution in [1.82, 2.24) is 10.4 Å². The highest BCUT2D eigenvalue weighted by Crippen LogP contribution is 2.49. The van der Waals surface area contributed by atoms with Crippen molar-refractivity contribution in [3.63, 3.8) is 0 Å². The Morgan fingerprint density at radius 1 is 1.07 bits per heavy atom. The number of carbonyl (C=O) groups excluding carboxylic acids is 3. The molecular weight excluding hydrogens is 384 g/mol. The molecule has 2 fully saturated rings. The molecule has 6 heteroatoms. The van der Waals surface area contributed by atoms with E-state index in [0.717, 1.165) is 42.7 Å². The Balaban J connectivity index is 1.34. The zero-order valence-electron chi connectivity index (χ0n) is 17.2. The van der Waals surface area contributed by atoms with Crippen LogP contribution in [0, 0.1) is 35.0 Å². The maximum Gasteiger partial charge on any atom is 0.271 e. The van der Waals surface area contributed by atoms with E-state index in [9.17, 15) is 14.4 Å². The SMILES string of the molecule is CC(C)(C)[C@@H]1CCc2c(C(=O)NN3C(=O)[C@@H]4[C@@H](C3=O)[C@H]3C=C[C@H]4CC3)csc2C1. The van der Waals surface area contributed by atoms with Crippen LogP contribution < -0.4 is 5.43 Å². The molecule has 0 aromatic carbocycles. The van der Waals surface area contributed by atoms with Gasteiger partial charge in [0.1, 0.15) is 0 Å². The number of fused-ring (bicyclic) bond motifs is 2. The van der Waals surface area contributed by atoms with E-state index in [1.807, 2.05) is 5.38 Å². The molecule has 29 heavy (non-hydrogen) atoms. The van der Waals surface area contributed by atoms with Gasteiger partial charge in [-0.15, -0.1) is 11.3 Å². The van der Waals surface area contributed by atoms with E-state index in [0.29, 0.717) is 11.5 Å². The molecule has 5 nitrogen and oxygen atoms in total. The van der Waals surface area contributed by atoms with E-state index >= 15 is 0 Å². The summed E-state index contributed by atoms with van der Waals surface area (Å²) in [6.45, 7) is 6.82. The topological polar surface area (TPSA) is 66.5 Å². The lowest BCUT2D eigenvalue weighted by atomic mass is 9.63. The Morgan fingerprint density at radius 2 is 1.69 bits per heavy atom. The lowest BCUT2D eigenvalue weighted by molar-refractivity contribution is -0.143. The monoisotopic (exact) mass is 412 g/mol. The van der Waals surface area contributed by atoms with Gasteiger partial charge in [0.05, 0.1) is 17.4 Å². The minimum Gasteiger partial charge on any atom is -0.272 e. The summed E-state index contributed by atoms with van der Waals surface area (Å²) in [4.78, 5) is 40.2. The molecule has 1 aliphatic heterocycles. The quantitative estimate of drug-likeness (QED) is 0.594. The summed E-state index contributed by atoms with van der Waals surface area (Å²) < 4.78 is 0. The summed E-state index contributed by atoms with van der Waals surface area (Å²) >= 11 is 1.63. The predicted molar refractivity (Wildman–Crippen MR) is 111 cm³/mol. The van der Waals surface area contributed by atoms with Gasteiger partial charge >= 0.3 is 0 Å². The van der Waals surface area contributed by atoms with Gasteiger partial charge in [-0.2, -0.15) is 5.01 Å². The summed E-state index contributed by atoms with van der Waals surface area (Å²) in [5, 5.41) is 2.93. The summed E-state index contributed by atoms with van der Waals surface area (Å²) in [6, 6.07) is 0. The Morgan fingerprint density at radius 3 is 2.24 bits per heavy atom. The number of hydrogen-bond acceptors (Lipinski definition) is 4. The second-order valence-electron chi connectivity index (χ2n) is 10.2. The van der Waals surface area contributed by atoms with Gasteiger partial charge in [0.15, 0.2) is 0 Å². The van der Waals surface area contributed by atoms with Crippen LogP contribution in [-0.4, -0.2) is 22.7 Å². The Kier molecular flexibility index (Phi) is 4.28. The molecule has 1 N–H and O–H groups in total. The minimum absolute atomic E-state index is 0.131. The summed E-state index contributed by atoms with van der Waals surface area (Å²) in [5.41, 5.74) is 4.66. The first-order valence-electron chi connectivity index (χ1n) is 10.7. The second kappa shape index (κ2) is 6.53. The van der Waals surface area contributed by atoms with E-state index in [1.165, 1.54) is 4.88 Å². The Labute approximate surface area is 175 Å². The average Bonchev–Trinajstić information content (AvgIpc) is 3.24. The average molecular weight is 413 g/mol. The van der Waals surface area contributed by atoms with Gasteiger partial charge < -0.3 is 0 Å². The van der Waals surface area contributed by atoms with Crippen LogP contribution in [0.2, 0.25) is 0 Å². The maximum absolute atomic E-state index is 13.0. The maximum atomic E-state index is 13.0. The third kappa shape index (κ3) is 2.90. The summed E-state index contributed by atoms with van der Waals surface area (Å²) in [5.74, 6) is -0.507. The molecule has 154 valence electrons. The van der Waals surface area contributed by atoms with Crippen molar-refractivity contribution in [2.45, 2.75) is 52.9 Å². The number of hydrogen-bond donors (Lipinski definition) is 1. The van der Waals surface area contributed by atoms with Gasteiger partial charge in [-0.05, 0) is 60.8 Å². The third-order valence-corrected chi connectivity index (χ3v) is 8.65. The number of rotatable bonds is 2. The van der Waals surface area contributed by atoms with Crippen LogP contribution in [0.4, 0.5) is 0 Å². The fourth-order valence-electron chi connectivity index (χ4n) is 5.79. The van der Waals surface area contributed by atoms with E-state index < -0.39 is 0 Å². The molecule has 4 aliphatic carbocycles. The van der Waals surface area contributed by atoms with Crippen molar-refractivity contribution in [3.8, 4) is 0 Å². The standard InChI is InChI=1S/C23H28N2O3S/c1-23(2,3)14-8-9-15-16(11-29-17(15)10-14)20(26)24-25-21(27)18-12-4-5-13(7-6-12)19(18)22(25)28/h4-5,11-14,18-19H,6-10H2,1-3H3,(H,24,26)/t12-,13-,14+,18-,19-/m0/s1. The number of amides is 3. The fraction of sp³-hybridized carbons (Fsp3) is 0.609. The molecule has 0 spiro atoms. The minimum atomic E-state index is -0.322. The largest absolute Gasteiger partial charge is 0.272 e. The van der Waals surface area contributed by atoms with Gasteiger partial charge in [0.25, 0.3) is 17.7 Å². The number of hydrazine groups is 1. The molecule has 2 bridgehead atoms. The lowest BCUT2D eigenvalue weighted by Crippen LogP contribution is -2.47. The molecule has 2 heterocycles. The molecule has 5 aliphatic rings. The molecule has 0 radical (unpaired) electrons. The van der Waals surface area contributed by atoms with Crippen LogP contribution in [0.25, 0.3) is 0 Å². The van der Waals surface area contributed by atoms with Gasteiger partial charge in [-0.1, -0.05) is 32.9 Å². The molecule has 1 aromatic heterocycles. The second-order valence-corrected chi connectivity index (χ2v) is 11.1. The zero-order chi connectivity index (χ0) is 20.5. The first-order chi connectivity index (χ1) is 13.8. The molecular formula is C23H28N2O3S. The molecule has 3 amide bonds. The highest BCUT2D eigenvalue weighted by molar-refractivity contribution is 7.10. The molecule has 1 aromatic rings. The van der Waals surface area contributed by atoms with Crippen molar-refractivity contribution < 1.29 is 14.4 Å². The van der Waals surface area contributed by atoms with Crippen LogP contribution in [-0.2, 0) is 22.4 Å². The summed E-state index contributed by atoms with van der Waals surface area (Å²) in [7, 11) is 0. The van der Waals surface area contributed by atoms with Crippen LogP contribution in [0.1, 0.15) is 60.8 Å². The number of allylic oxidation sites excluding steroid dienone is 2. The Hall–Kier alpha value is -1.95. The van der Waals surface area contributed by atoms with Gasteiger partial charge in [-0.25, -0.2) is 0 Å². The molecule has 6 rings (SSSR count). The zero-order valence-corrected chi connectivity index (χ0v) is 18.1. The van der Waals surface area contributed by atoms with Crippen molar-refractivity contribution in [2.75, 3.05) is 0 Å². The van der Waals surface area contributed by atoms with Gasteiger partial charge in [0, 0.05) is 10.3 Å². The van der Waals surface area contributed by atoms with Crippen molar-refractivity contribution in [2.24, 2.45) is 35.0 Å². The molecule has 1 saturated heterocycles. The van der Waals surface area contributed by atoms with Crippen LogP contribution in [0.15, 0.2) is 17.5 Å². The first kappa shape index (κ1) is 19.0. The fourth-order valence-corrected chi connectivity index (χ4v) is 6.95. The predicted octanol–water partition coefficient (Wildman–Crippen LogP) is 3.74. The van der Waals surface area contributed by atoms with Crippen molar-refractivity contribution in [1.29, 1.82) is 0 Å². The molecule has 0 unspecified atom stereocenters. The molecule has 5 atom stereocenters. The van der Waals surface area contributed by atoms with Crippen molar-refractivity contribution >= 4 is 29.1 Å². The number of thiophene rings is 1. The smallest absolute Gasteiger partial charge is 0.271 e. The van der Waals surface area contributed by atoms with Crippen LogP contribution in [0.5, 0.6) is 0 Å². The van der Waals surface area contributed by atoms with Crippen LogP contribution >= 0.6 is 11.3 Å². The molecule has 1 saturated carbocycles. The first-order valence-corrected chi connectivity index (χ1v) is 11.6. The van der Waals surface area contributed by atoms with Gasteiger partial charge in [0.2, 0.25) is 0 Å². The van der Waals surface area contributed by atoms with Crippen LogP contribution in [0.3, 0.4) is 0 Å². The lowest BCUT2D eigenvalue weighted by Gasteiger charge is -2.37. The third-order valence-electron chi connectivity index (χ3n) is 7.60. The Bertz CT molecular complexity index is 893. The van der Waals surface area contributed by atoms with Crippen molar-refractivity contribution in [3.05, 3.63) is 33.5 Å². The van der Waals surface area contributed by atoms with E-state index in [-0.39, 0.29) is 46.8 Å². The van der Waals surface area contributed by atoms with Gasteiger partial charge in [-0.3, -0.25) is 19.8 Å². The number of imide groups is 1. The van der Waals surface area contributed by atoms with E-state index in [1.54, 1.807) is 11.3 Å². The number of nitrogens with zero attached hydrogens (tertiary/aromatic N) is 1. The highest BCUT2D eigenvalue weighted by Gasteiger charge is 2.57.